The van der Waals surface area contributed by atoms with Gasteiger partial charge in [0, 0.05) is 0 Å². The summed E-state index contributed by atoms with van der Waals surface area (Å²) in [7, 11) is -4.00. The predicted molar refractivity (Wildman–Crippen MR) is 108 cm³/mol. The second-order valence-electron chi connectivity index (χ2n) is 9.95. The first-order chi connectivity index (χ1) is 11.3. The Kier molecular flexibility index (Phi) is 5.94. The fourth-order valence-electron chi connectivity index (χ4n) is 2.72. The van der Waals surface area contributed by atoms with Gasteiger partial charge in [-0.15, -0.1) is 0 Å². The standard InChI is InChI=1S/C20H33NO4S/c1-18(2,3)13-10-14(19(4,5)6)17(15(11-13)20(7,8)9)21-26(24,25)12-16(22)23/h10-11,21H,12H2,1-9H3,(H,22,23). The second-order valence-corrected chi connectivity index (χ2v) is 11.7. The van der Waals surface area contributed by atoms with Crippen LogP contribution in [0.3, 0.4) is 0 Å². The van der Waals surface area contributed by atoms with E-state index in [-0.39, 0.29) is 16.2 Å². The number of hydrogen-bond donors (Lipinski definition) is 2. The SMILES string of the molecule is CC(C)(C)c1cc(C(C)(C)C)c(NS(=O)(=O)CC(=O)O)c(C(C)(C)C)c1. The van der Waals surface area contributed by atoms with Crippen molar-refractivity contribution in [3.8, 4) is 0 Å². The minimum atomic E-state index is -4.00. The molecule has 0 aromatic heterocycles. The average Bonchev–Trinajstić information content (AvgIpc) is 2.32. The molecule has 0 aliphatic rings. The topological polar surface area (TPSA) is 83.5 Å². The number of aliphatic carboxylic acids is 1. The molecule has 0 amide bonds. The van der Waals surface area contributed by atoms with E-state index >= 15 is 0 Å². The molecule has 5 nitrogen and oxygen atoms in total. The number of anilines is 1. The van der Waals surface area contributed by atoms with Gasteiger partial charge in [0.25, 0.3) is 0 Å². The number of benzene rings is 1. The van der Waals surface area contributed by atoms with E-state index in [1.807, 2.05) is 53.7 Å². The van der Waals surface area contributed by atoms with Gasteiger partial charge < -0.3 is 5.11 Å². The summed E-state index contributed by atoms with van der Waals surface area (Å²) in [6.45, 7) is 18.5. The van der Waals surface area contributed by atoms with E-state index in [1.165, 1.54) is 0 Å². The molecule has 0 bridgehead atoms. The van der Waals surface area contributed by atoms with Crippen LogP contribution in [0.25, 0.3) is 0 Å². The third-order valence-electron chi connectivity index (χ3n) is 4.19. The van der Waals surface area contributed by atoms with Crippen LogP contribution < -0.4 is 4.72 Å². The number of nitrogens with one attached hydrogen (secondary N) is 1. The number of carbonyl (C=O) groups is 1. The van der Waals surface area contributed by atoms with Gasteiger partial charge in [0.15, 0.2) is 5.75 Å². The van der Waals surface area contributed by atoms with Crippen LogP contribution in [0.4, 0.5) is 5.69 Å². The molecular weight excluding hydrogens is 350 g/mol. The van der Waals surface area contributed by atoms with Crippen molar-refractivity contribution in [3.63, 3.8) is 0 Å². The lowest BCUT2D eigenvalue weighted by atomic mass is 9.74. The molecule has 0 aliphatic heterocycles. The van der Waals surface area contributed by atoms with Gasteiger partial charge in [-0.05, 0) is 32.9 Å². The molecule has 2 N–H and O–H groups in total. The highest BCUT2D eigenvalue weighted by Crippen LogP contribution is 2.41. The zero-order valence-corrected chi connectivity index (χ0v) is 18.3. The highest BCUT2D eigenvalue weighted by atomic mass is 32.2. The number of carboxylic acid groups (broad SMARTS) is 1. The van der Waals surface area contributed by atoms with Crippen LogP contribution in [0.2, 0.25) is 0 Å². The number of sulfonamides is 1. The summed E-state index contributed by atoms with van der Waals surface area (Å²) in [6, 6.07) is 4.07. The van der Waals surface area contributed by atoms with Crippen molar-refractivity contribution in [2.75, 3.05) is 10.5 Å². The van der Waals surface area contributed by atoms with Crippen molar-refractivity contribution < 1.29 is 18.3 Å². The minimum absolute atomic E-state index is 0.0987. The lowest BCUT2D eigenvalue weighted by Crippen LogP contribution is -2.28. The maximum Gasteiger partial charge on any atom is 0.320 e. The quantitative estimate of drug-likeness (QED) is 0.807. The van der Waals surface area contributed by atoms with Crippen LogP contribution in [-0.4, -0.2) is 25.2 Å². The van der Waals surface area contributed by atoms with Gasteiger partial charge in [0.1, 0.15) is 0 Å². The highest BCUT2D eigenvalue weighted by molar-refractivity contribution is 7.93. The highest BCUT2D eigenvalue weighted by Gasteiger charge is 2.31. The van der Waals surface area contributed by atoms with E-state index in [0.29, 0.717) is 5.69 Å². The van der Waals surface area contributed by atoms with Crippen LogP contribution in [0, 0.1) is 0 Å². The maximum atomic E-state index is 12.4. The lowest BCUT2D eigenvalue weighted by Gasteiger charge is -2.33. The van der Waals surface area contributed by atoms with Crippen LogP contribution in [0.5, 0.6) is 0 Å². The van der Waals surface area contributed by atoms with E-state index in [9.17, 15) is 13.2 Å². The van der Waals surface area contributed by atoms with Gasteiger partial charge in [-0.25, -0.2) is 8.42 Å². The Balaban J connectivity index is 3.83. The predicted octanol–water partition coefficient (Wildman–Crippen LogP) is 4.41. The molecule has 0 fully saturated rings. The summed E-state index contributed by atoms with van der Waals surface area (Å²) in [5.41, 5.74) is 2.61. The molecular formula is C20H33NO4S. The van der Waals surface area contributed by atoms with Crippen LogP contribution >= 0.6 is 0 Å². The monoisotopic (exact) mass is 383 g/mol. The summed E-state index contributed by atoms with van der Waals surface area (Å²) in [5, 5.41) is 8.92. The molecule has 26 heavy (non-hydrogen) atoms. The Bertz CT molecular complexity index is 754. The normalized spacial score (nSPS) is 13.6. The third kappa shape index (κ3) is 5.73. The zero-order valence-electron chi connectivity index (χ0n) is 17.4. The van der Waals surface area contributed by atoms with Crippen molar-refractivity contribution in [2.24, 2.45) is 0 Å². The molecule has 1 rings (SSSR count). The number of hydrogen-bond acceptors (Lipinski definition) is 3. The van der Waals surface area contributed by atoms with Crippen molar-refractivity contribution in [1.29, 1.82) is 0 Å². The number of carboxylic acids is 1. The fourth-order valence-corrected chi connectivity index (χ4v) is 3.65. The Morgan fingerprint density at radius 3 is 1.54 bits per heavy atom. The van der Waals surface area contributed by atoms with Crippen molar-refractivity contribution in [1.82, 2.24) is 0 Å². The van der Waals surface area contributed by atoms with E-state index < -0.39 is 21.7 Å². The molecule has 0 heterocycles. The zero-order chi connectivity index (χ0) is 20.7. The Morgan fingerprint density at radius 1 is 0.885 bits per heavy atom. The van der Waals surface area contributed by atoms with Gasteiger partial charge in [0.2, 0.25) is 10.0 Å². The summed E-state index contributed by atoms with van der Waals surface area (Å²) < 4.78 is 27.3. The molecule has 0 aliphatic carbocycles. The van der Waals surface area contributed by atoms with E-state index in [2.05, 4.69) is 25.5 Å². The van der Waals surface area contributed by atoms with Crippen LogP contribution in [0.1, 0.15) is 79.0 Å². The summed E-state index contributed by atoms with van der Waals surface area (Å²) in [5.74, 6) is -2.33. The molecule has 0 saturated heterocycles. The van der Waals surface area contributed by atoms with Crippen molar-refractivity contribution in [3.05, 3.63) is 28.8 Å². The summed E-state index contributed by atoms with van der Waals surface area (Å²) in [6.07, 6.45) is 0. The van der Waals surface area contributed by atoms with Gasteiger partial charge >= 0.3 is 5.97 Å². The summed E-state index contributed by atoms with van der Waals surface area (Å²) >= 11 is 0. The first-order valence-electron chi connectivity index (χ1n) is 8.76. The first kappa shape index (κ1) is 22.5. The van der Waals surface area contributed by atoms with Crippen molar-refractivity contribution >= 4 is 21.7 Å². The Morgan fingerprint density at radius 2 is 1.27 bits per heavy atom. The fraction of sp³-hybridized carbons (Fsp3) is 0.650. The van der Waals surface area contributed by atoms with Gasteiger partial charge in [-0.1, -0.05) is 74.4 Å². The van der Waals surface area contributed by atoms with Gasteiger partial charge in [0.05, 0.1) is 5.69 Å². The average molecular weight is 384 g/mol. The Labute approximate surface area is 158 Å². The number of rotatable bonds is 4. The molecule has 0 unspecified atom stereocenters. The molecule has 6 heteroatoms. The first-order valence-corrected chi connectivity index (χ1v) is 10.4. The minimum Gasteiger partial charge on any atom is -0.480 e. The van der Waals surface area contributed by atoms with Gasteiger partial charge in [-0.2, -0.15) is 0 Å². The van der Waals surface area contributed by atoms with Crippen molar-refractivity contribution in [2.45, 2.75) is 78.6 Å². The largest absolute Gasteiger partial charge is 0.480 e. The third-order valence-corrected chi connectivity index (χ3v) is 5.33. The second kappa shape index (κ2) is 6.87. The molecule has 1 aromatic carbocycles. The molecule has 0 radical (unpaired) electrons. The molecule has 0 spiro atoms. The van der Waals surface area contributed by atoms with Gasteiger partial charge in [-0.3, -0.25) is 9.52 Å². The molecule has 0 saturated carbocycles. The Hall–Kier alpha value is -1.56. The smallest absolute Gasteiger partial charge is 0.320 e. The summed E-state index contributed by atoms with van der Waals surface area (Å²) in [4.78, 5) is 10.9. The molecule has 148 valence electrons. The van der Waals surface area contributed by atoms with E-state index in [0.717, 1.165) is 16.7 Å². The van der Waals surface area contributed by atoms with E-state index in [4.69, 9.17) is 5.11 Å². The maximum absolute atomic E-state index is 12.4. The van der Waals surface area contributed by atoms with Crippen LogP contribution in [-0.2, 0) is 31.1 Å². The lowest BCUT2D eigenvalue weighted by molar-refractivity contribution is -0.134. The molecule has 0 atom stereocenters. The molecule has 1 aromatic rings. The van der Waals surface area contributed by atoms with Crippen LogP contribution in [0.15, 0.2) is 12.1 Å². The van der Waals surface area contributed by atoms with E-state index in [1.54, 1.807) is 0 Å².